The number of ketones is 1. The Morgan fingerprint density at radius 2 is 1.56 bits per heavy atom. The highest BCUT2D eigenvalue weighted by molar-refractivity contribution is 8.05. The summed E-state index contributed by atoms with van der Waals surface area (Å²) in [4.78, 5) is 16.5. The minimum atomic E-state index is -0.0257. The quantitative estimate of drug-likeness (QED) is 0.497. The van der Waals surface area contributed by atoms with Gasteiger partial charge in [-0.05, 0) is 36.4 Å². The van der Waals surface area contributed by atoms with E-state index in [1.807, 2.05) is 30.3 Å². The largest absolute Gasteiger partial charge is 0.289 e. The summed E-state index contributed by atoms with van der Waals surface area (Å²) in [6.45, 7) is 3.52. The molecule has 0 aliphatic carbocycles. The minimum Gasteiger partial charge on any atom is -0.289 e. The number of fused-ring (bicyclic) bond motifs is 2. The average Bonchev–Trinajstić information content (AvgIpc) is 2.43. The van der Waals surface area contributed by atoms with Gasteiger partial charge in [0.15, 0.2) is 5.78 Å². The van der Waals surface area contributed by atoms with Gasteiger partial charge >= 0.3 is 0 Å². The molecule has 0 saturated heterocycles. The van der Waals surface area contributed by atoms with Crippen LogP contribution in [0.25, 0.3) is 0 Å². The van der Waals surface area contributed by atoms with Crippen molar-refractivity contribution in [2.24, 2.45) is 0 Å². The topological polar surface area (TPSA) is 17.1 Å². The Balaban J connectivity index is 2.03. The minimum absolute atomic E-state index is 0.0257. The molecule has 0 bridgehead atoms. The van der Waals surface area contributed by atoms with Gasteiger partial charge in [0, 0.05) is 25.1 Å². The molecule has 0 unspecified atom stereocenters. The molecule has 2 aromatic carbocycles. The normalized spacial score (nSPS) is 12.4. The van der Waals surface area contributed by atoms with Crippen molar-refractivity contribution in [1.29, 1.82) is 0 Å². The summed E-state index contributed by atoms with van der Waals surface area (Å²) >= 11 is 3.47. The smallest absolute Gasteiger partial charge is 0.185 e. The average molecular weight is 270 g/mol. The molecular formula is C15H10OS2. The SMILES string of the molecule is C=CC(=O)c1ccc2c(c1)Sc1ccccc1S2. The van der Waals surface area contributed by atoms with Gasteiger partial charge in [0.05, 0.1) is 0 Å². The van der Waals surface area contributed by atoms with E-state index in [0.29, 0.717) is 5.56 Å². The van der Waals surface area contributed by atoms with Gasteiger partial charge < -0.3 is 0 Å². The van der Waals surface area contributed by atoms with Gasteiger partial charge in [0.1, 0.15) is 0 Å². The van der Waals surface area contributed by atoms with Crippen molar-refractivity contribution >= 4 is 29.3 Å². The summed E-state index contributed by atoms with van der Waals surface area (Å²) in [5.41, 5.74) is 0.705. The van der Waals surface area contributed by atoms with Crippen molar-refractivity contribution < 1.29 is 4.79 Å². The molecule has 3 rings (SSSR count). The van der Waals surface area contributed by atoms with Crippen molar-refractivity contribution in [1.82, 2.24) is 0 Å². The van der Waals surface area contributed by atoms with E-state index in [0.717, 1.165) is 4.90 Å². The number of allylic oxidation sites excluding steroid dienone is 1. The summed E-state index contributed by atoms with van der Waals surface area (Å²) in [6, 6.07) is 14.1. The van der Waals surface area contributed by atoms with Crippen molar-refractivity contribution in [3.05, 3.63) is 60.7 Å². The van der Waals surface area contributed by atoms with Gasteiger partial charge in [0.2, 0.25) is 0 Å². The molecular weight excluding hydrogens is 260 g/mol. The monoisotopic (exact) mass is 270 g/mol. The van der Waals surface area contributed by atoms with E-state index in [1.54, 1.807) is 23.5 Å². The van der Waals surface area contributed by atoms with Crippen LogP contribution in [0, 0.1) is 0 Å². The lowest BCUT2D eigenvalue weighted by molar-refractivity contribution is 0.104. The van der Waals surface area contributed by atoms with Crippen LogP contribution in [0.3, 0.4) is 0 Å². The van der Waals surface area contributed by atoms with Crippen LogP contribution in [-0.4, -0.2) is 5.78 Å². The van der Waals surface area contributed by atoms with Crippen LogP contribution in [0.5, 0.6) is 0 Å². The van der Waals surface area contributed by atoms with Gasteiger partial charge in [-0.3, -0.25) is 4.79 Å². The van der Waals surface area contributed by atoms with Crippen LogP contribution in [0.4, 0.5) is 0 Å². The summed E-state index contributed by atoms with van der Waals surface area (Å²) < 4.78 is 0. The second kappa shape index (κ2) is 4.67. The maximum Gasteiger partial charge on any atom is 0.185 e. The fourth-order valence-corrected chi connectivity index (χ4v) is 4.05. The molecule has 0 saturated carbocycles. The Bertz CT molecular complexity index is 647. The van der Waals surface area contributed by atoms with Gasteiger partial charge in [-0.2, -0.15) is 0 Å². The lowest BCUT2D eigenvalue weighted by Gasteiger charge is -2.18. The molecule has 0 aromatic heterocycles. The number of carbonyl (C=O) groups excluding carboxylic acids is 1. The second-order valence-electron chi connectivity index (χ2n) is 3.88. The predicted molar refractivity (Wildman–Crippen MR) is 75.7 cm³/mol. The summed E-state index contributed by atoms with van der Waals surface area (Å²) in [7, 11) is 0. The fourth-order valence-electron chi connectivity index (χ4n) is 1.80. The third-order valence-electron chi connectivity index (χ3n) is 2.70. The third-order valence-corrected chi connectivity index (χ3v) is 5.25. The highest BCUT2D eigenvalue weighted by Crippen LogP contribution is 2.48. The first-order valence-corrected chi connectivity index (χ1v) is 7.17. The number of hydrogen-bond acceptors (Lipinski definition) is 3. The molecule has 18 heavy (non-hydrogen) atoms. The van der Waals surface area contributed by atoms with Crippen LogP contribution in [0.2, 0.25) is 0 Å². The van der Waals surface area contributed by atoms with Crippen molar-refractivity contribution in [2.45, 2.75) is 19.6 Å². The van der Waals surface area contributed by atoms with E-state index in [4.69, 9.17) is 0 Å². The van der Waals surface area contributed by atoms with E-state index in [1.165, 1.54) is 20.8 Å². The Labute approximate surface area is 114 Å². The summed E-state index contributed by atoms with van der Waals surface area (Å²) in [5, 5.41) is 0. The molecule has 1 aliphatic rings. The van der Waals surface area contributed by atoms with E-state index in [-0.39, 0.29) is 5.78 Å². The zero-order valence-corrected chi connectivity index (χ0v) is 11.2. The lowest BCUT2D eigenvalue weighted by atomic mass is 10.1. The van der Waals surface area contributed by atoms with Gasteiger partial charge in [-0.15, -0.1) is 0 Å². The summed E-state index contributed by atoms with van der Waals surface area (Å²) in [5.74, 6) is -0.0257. The third kappa shape index (κ3) is 2.00. The molecule has 3 heteroatoms. The zero-order chi connectivity index (χ0) is 12.5. The van der Waals surface area contributed by atoms with Crippen LogP contribution < -0.4 is 0 Å². The number of rotatable bonds is 2. The molecule has 0 fully saturated rings. The first kappa shape index (κ1) is 11.6. The lowest BCUT2D eigenvalue weighted by Crippen LogP contribution is -1.96. The number of carbonyl (C=O) groups is 1. The van der Waals surface area contributed by atoms with Gasteiger partial charge in [0.25, 0.3) is 0 Å². The van der Waals surface area contributed by atoms with Gasteiger partial charge in [-0.1, -0.05) is 42.2 Å². The molecule has 2 aromatic rings. The number of hydrogen-bond donors (Lipinski definition) is 0. The molecule has 1 heterocycles. The maximum atomic E-state index is 11.6. The number of benzene rings is 2. The van der Waals surface area contributed by atoms with E-state index in [2.05, 4.69) is 18.7 Å². The molecule has 0 spiro atoms. The zero-order valence-electron chi connectivity index (χ0n) is 9.55. The van der Waals surface area contributed by atoms with Crippen molar-refractivity contribution in [3.63, 3.8) is 0 Å². The molecule has 88 valence electrons. The molecule has 0 atom stereocenters. The van der Waals surface area contributed by atoms with Crippen LogP contribution in [0.15, 0.2) is 74.7 Å². The first-order valence-electron chi connectivity index (χ1n) is 5.53. The maximum absolute atomic E-state index is 11.6. The van der Waals surface area contributed by atoms with Crippen molar-refractivity contribution in [3.8, 4) is 0 Å². The molecule has 1 aliphatic heterocycles. The highest BCUT2D eigenvalue weighted by Gasteiger charge is 2.17. The highest BCUT2D eigenvalue weighted by atomic mass is 32.2. The van der Waals surface area contributed by atoms with E-state index in [9.17, 15) is 4.79 Å². The van der Waals surface area contributed by atoms with Crippen molar-refractivity contribution in [2.75, 3.05) is 0 Å². The predicted octanol–water partition coefficient (Wildman–Crippen LogP) is 4.67. The standard InChI is InChI=1S/C15H10OS2/c1-2-11(16)10-7-8-14-15(9-10)18-13-6-4-3-5-12(13)17-14/h2-9H,1H2. The van der Waals surface area contributed by atoms with Gasteiger partial charge in [-0.25, -0.2) is 0 Å². The van der Waals surface area contributed by atoms with E-state index >= 15 is 0 Å². The van der Waals surface area contributed by atoms with E-state index < -0.39 is 0 Å². The second-order valence-corrected chi connectivity index (χ2v) is 6.05. The van der Waals surface area contributed by atoms with Crippen LogP contribution in [-0.2, 0) is 0 Å². The Kier molecular flexibility index (Phi) is 3.02. The molecule has 0 radical (unpaired) electrons. The molecule has 0 amide bonds. The molecule has 0 N–H and O–H groups in total. The first-order chi connectivity index (χ1) is 8.78. The Hall–Kier alpha value is -1.45. The Morgan fingerprint density at radius 3 is 2.22 bits per heavy atom. The fraction of sp³-hybridized carbons (Fsp3) is 0. The van der Waals surface area contributed by atoms with Crippen LogP contribution in [0.1, 0.15) is 10.4 Å². The molecule has 1 nitrogen and oxygen atoms in total. The summed E-state index contributed by atoms with van der Waals surface area (Å²) in [6.07, 6.45) is 1.36. The Morgan fingerprint density at radius 1 is 0.944 bits per heavy atom. The van der Waals surface area contributed by atoms with Crippen LogP contribution >= 0.6 is 23.5 Å².